The third kappa shape index (κ3) is 4.44. The highest BCUT2D eigenvalue weighted by Gasteiger charge is 2.34. The largest absolute Gasteiger partial charge is 0.356 e. The molecule has 0 saturated heterocycles. The van der Waals surface area contributed by atoms with Gasteiger partial charge >= 0.3 is 0 Å². The van der Waals surface area contributed by atoms with Crippen molar-refractivity contribution in [3.8, 4) is 0 Å². The monoisotopic (exact) mass is 357 g/mol. The summed E-state index contributed by atoms with van der Waals surface area (Å²) in [6.07, 6.45) is 5.23. The summed E-state index contributed by atoms with van der Waals surface area (Å²) in [6, 6.07) is 8.20. The maximum atomic E-state index is 12.9. The Morgan fingerprint density at radius 2 is 1.81 bits per heavy atom. The third-order valence-corrected chi connectivity index (χ3v) is 5.68. The topological polar surface area (TPSA) is 52.7 Å². The van der Waals surface area contributed by atoms with Crippen LogP contribution >= 0.6 is 0 Å². The molecule has 3 rings (SSSR count). The molecule has 2 aliphatic rings. The summed E-state index contributed by atoms with van der Waals surface area (Å²) >= 11 is 0. The second-order valence-electron chi connectivity index (χ2n) is 7.86. The Morgan fingerprint density at radius 3 is 2.54 bits per heavy atom. The van der Waals surface area contributed by atoms with E-state index >= 15 is 0 Å². The van der Waals surface area contributed by atoms with E-state index in [1.807, 2.05) is 37.2 Å². The number of carbonyl (C=O) groups excluding carboxylic acids is 2. The molecule has 0 aromatic heterocycles. The molecule has 1 aliphatic heterocycles. The summed E-state index contributed by atoms with van der Waals surface area (Å²) in [7, 11) is 4.08. The number of fused-ring (bicyclic) bond motifs is 1. The van der Waals surface area contributed by atoms with E-state index in [9.17, 15) is 9.59 Å². The van der Waals surface area contributed by atoms with Crippen LogP contribution in [-0.2, 0) is 16.0 Å². The van der Waals surface area contributed by atoms with E-state index in [0.29, 0.717) is 0 Å². The fraction of sp³-hybridized carbons (Fsp3) is 0.619. The molecule has 0 unspecified atom stereocenters. The first kappa shape index (κ1) is 18.9. The average Bonchev–Trinajstić information content (AvgIpc) is 3.08. The molecule has 5 nitrogen and oxygen atoms in total. The van der Waals surface area contributed by atoms with Gasteiger partial charge in [-0.05, 0) is 70.8 Å². The summed E-state index contributed by atoms with van der Waals surface area (Å²) in [5.74, 6) is 0.559. The summed E-state index contributed by atoms with van der Waals surface area (Å²) in [5.41, 5.74) is 2.35. The lowest BCUT2D eigenvalue weighted by Crippen LogP contribution is -2.39. The maximum Gasteiger partial charge on any atom is 0.230 e. The first-order valence-electron chi connectivity index (χ1n) is 9.88. The van der Waals surface area contributed by atoms with E-state index in [4.69, 9.17) is 0 Å². The Morgan fingerprint density at radius 1 is 1.12 bits per heavy atom. The van der Waals surface area contributed by atoms with Gasteiger partial charge in [-0.3, -0.25) is 9.59 Å². The second-order valence-corrected chi connectivity index (χ2v) is 7.86. The molecular weight excluding hydrogens is 326 g/mol. The predicted molar refractivity (Wildman–Crippen MR) is 104 cm³/mol. The lowest BCUT2D eigenvalue weighted by Gasteiger charge is -2.30. The van der Waals surface area contributed by atoms with Crippen molar-refractivity contribution in [3.63, 3.8) is 0 Å². The fourth-order valence-electron chi connectivity index (χ4n) is 4.14. The van der Waals surface area contributed by atoms with Gasteiger partial charge in [-0.2, -0.15) is 0 Å². The van der Waals surface area contributed by atoms with Crippen molar-refractivity contribution < 1.29 is 9.59 Å². The van der Waals surface area contributed by atoms with Gasteiger partial charge in [-0.1, -0.05) is 18.2 Å². The number of hydrogen-bond acceptors (Lipinski definition) is 3. The Labute approximate surface area is 156 Å². The van der Waals surface area contributed by atoms with Crippen molar-refractivity contribution in [2.24, 2.45) is 11.8 Å². The van der Waals surface area contributed by atoms with Gasteiger partial charge in [0.15, 0.2) is 0 Å². The van der Waals surface area contributed by atoms with Crippen LogP contribution in [0, 0.1) is 11.8 Å². The molecule has 1 N–H and O–H groups in total. The van der Waals surface area contributed by atoms with Crippen LogP contribution in [0.4, 0.5) is 5.69 Å². The molecule has 2 amide bonds. The zero-order chi connectivity index (χ0) is 18.5. The number of hydrogen-bond donors (Lipinski definition) is 1. The number of carbonyl (C=O) groups is 2. The van der Waals surface area contributed by atoms with Gasteiger partial charge in [-0.25, -0.2) is 0 Å². The summed E-state index contributed by atoms with van der Waals surface area (Å²) < 4.78 is 0. The van der Waals surface area contributed by atoms with Crippen molar-refractivity contribution in [2.45, 2.75) is 38.5 Å². The van der Waals surface area contributed by atoms with Crippen molar-refractivity contribution in [1.82, 2.24) is 10.2 Å². The Bertz CT molecular complexity index is 636. The highest BCUT2D eigenvalue weighted by atomic mass is 16.2. The maximum absolute atomic E-state index is 12.9. The van der Waals surface area contributed by atoms with Gasteiger partial charge in [0.2, 0.25) is 11.8 Å². The molecule has 1 aromatic rings. The Kier molecular flexibility index (Phi) is 6.30. The molecule has 142 valence electrons. The molecule has 0 radical (unpaired) electrons. The minimum Gasteiger partial charge on any atom is -0.356 e. The normalized spacial score (nSPS) is 22.3. The van der Waals surface area contributed by atoms with Crippen molar-refractivity contribution in [3.05, 3.63) is 29.8 Å². The first-order valence-corrected chi connectivity index (χ1v) is 9.88. The van der Waals surface area contributed by atoms with Crippen LogP contribution in [-0.4, -0.2) is 50.4 Å². The highest BCUT2D eigenvalue weighted by Crippen LogP contribution is 2.34. The Hall–Kier alpha value is -1.88. The van der Waals surface area contributed by atoms with Crippen molar-refractivity contribution in [1.29, 1.82) is 0 Å². The minimum atomic E-state index is 0.0685. The highest BCUT2D eigenvalue weighted by molar-refractivity contribution is 5.97. The second kappa shape index (κ2) is 8.67. The minimum absolute atomic E-state index is 0.0685. The number of amides is 2. The van der Waals surface area contributed by atoms with Crippen LogP contribution in [0.1, 0.15) is 37.7 Å². The van der Waals surface area contributed by atoms with Gasteiger partial charge in [-0.15, -0.1) is 0 Å². The van der Waals surface area contributed by atoms with Crippen molar-refractivity contribution in [2.75, 3.05) is 38.6 Å². The fourth-order valence-corrected chi connectivity index (χ4v) is 4.14. The van der Waals surface area contributed by atoms with Gasteiger partial charge in [0.25, 0.3) is 0 Å². The lowest BCUT2D eigenvalue weighted by molar-refractivity contribution is -0.129. The van der Waals surface area contributed by atoms with Crippen LogP contribution in [0.3, 0.4) is 0 Å². The standard InChI is InChI=1S/C21H31N3O2/c1-23(2)14-5-13-22-20(25)17-8-10-18(11-9-17)21(26)24-15-12-16-6-3-4-7-19(16)24/h3-4,6-7,17-18H,5,8-15H2,1-2H3,(H,22,25). The van der Waals surface area contributed by atoms with Crippen LogP contribution in [0.15, 0.2) is 24.3 Å². The zero-order valence-electron chi connectivity index (χ0n) is 16.0. The van der Waals surface area contributed by atoms with Crippen LogP contribution in [0.5, 0.6) is 0 Å². The van der Waals surface area contributed by atoms with Gasteiger partial charge in [0.1, 0.15) is 0 Å². The molecule has 1 fully saturated rings. The first-order chi connectivity index (χ1) is 12.6. The molecule has 1 aliphatic carbocycles. The Balaban J connectivity index is 1.45. The molecule has 5 heteroatoms. The number of benzene rings is 1. The summed E-state index contributed by atoms with van der Waals surface area (Å²) in [4.78, 5) is 29.3. The quantitative estimate of drug-likeness (QED) is 0.796. The SMILES string of the molecule is CN(C)CCCNC(=O)C1CCC(C(=O)N2CCc3ccccc32)CC1. The number of para-hydroxylation sites is 1. The summed E-state index contributed by atoms with van der Waals surface area (Å²) in [6.45, 7) is 2.52. The molecule has 1 aromatic carbocycles. The van der Waals surface area contributed by atoms with E-state index < -0.39 is 0 Å². The van der Waals surface area contributed by atoms with Crippen molar-refractivity contribution >= 4 is 17.5 Å². The average molecular weight is 357 g/mol. The predicted octanol–water partition coefficient (Wildman–Crippen LogP) is 2.45. The molecule has 1 saturated carbocycles. The molecular formula is C21H31N3O2. The summed E-state index contributed by atoms with van der Waals surface area (Å²) in [5, 5.41) is 3.06. The molecule has 0 atom stereocenters. The van der Waals surface area contributed by atoms with Gasteiger partial charge in [0.05, 0.1) is 0 Å². The number of nitrogens with zero attached hydrogens (tertiary/aromatic N) is 2. The molecule has 0 spiro atoms. The molecule has 26 heavy (non-hydrogen) atoms. The van der Waals surface area contributed by atoms with Gasteiger partial charge < -0.3 is 15.1 Å². The molecule has 1 heterocycles. The molecule has 0 bridgehead atoms. The number of nitrogens with one attached hydrogen (secondary N) is 1. The zero-order valence-corrected chi connectivity index (χ0v) is 16.0. The van der Waals surface area contributed by atoms with E-state index in [1.54, 1.807) is 0 Å². The van der Waals surface area contributed by atoms with E-state index in [1.165, 1.54) is 5.56 Å². The smallest absolute Gasteiger partial charge is 0.230 e. The third-order valence-electron chi connectivity index (χ3n) is 5.68. The van der Waals surface area contributed by atoms with Crippen LogP contribution in [0.2, 0.25) is 0 Å². The van der Waals surface area contributed by atoms with E-state index in [2.05, 4.69) is 16.3 Å². The van der Waals surface area contributed by atoms with Gasteiger partial charge in [0, 0.05) is 30.6 Å². The van der Waals surface area contributed by atoms with E-state index in [-0.39, 0.29) is 23.7 Å². The number of anilines is 1. The van der Waals surface area contributed by atoms with Crippen LogP contribution < -0.4 is 10.2 Å². The van der Waals surface area contributed by atoms with E-state index in [0.717, 1.165) is 63.8 Å². The van der Waals surface area contributed by atoms with Crippen LogP contribution in [0.25, 0.3) is 0 Å². The number of rotatable bonds is 6. The lowest BCUT2D eigenvalue weighted by atomic mass is 9.81.